The molecule has 98 valence electrons. The van der Waals surface area contributed by atoms with Crippen molar-refractivity contribution in [2.24, 2.45) is 0 Å². The van der Waals surface area contributed by atoms with Crippen LogP contribution in [-0.4, -0.2) is 10.3 Å². The Balaban J connectivity index is 2.63. The molecule has 2 aromatic carbocycles. The van der Waals surface area contributed by atoms with Crippen LogP contribution in [-0.2, 0) is 10.4 Å². The van der Waals surface area contributed by atoms with Crippen LogP contribution in [0.15, 0.2) is 48.5 Å². The number of carbonyl (C=O) groups excluding carboxylic acids is 1. The molecule has 1 N–H and O–H groups in total. The number of halogens is 1. The van der Waals surface area contributed by atoms with Crippen molar-refractivity contribution in [1.82, 2.24) is 0 Å². The normalized spacial score (nSPS) is 13.9. The van der Waals surface area contributed by atoms with Gasteiger partial charge in [0.2, 0.25) is 0 Å². The molecule has 0 aliphatic carbocycles. The molecular weight excluding hydrogens is 260 g/mol. The third-order valence-corrected chi connectivity index (χ3v) is 3.67. The van der Waals surface area contributed by atoms with Gasteiger partial charge in [0.1, 0.15) is 0 Å². The van der Waals surface area contributed by atoms with Gasteiger partial charge >= 0.3 is 0 Å². The predicted molar refractivity (Wildman–Crippen MR) is 76.2 cm³/mol. The lowest BCUT2D eigenvalue weighted by atomic mass is 9.86. The summed E-state index contributed by atoms with van der Waals surface area (Å²) in [5.74, 6) is 0. The summed E-state index contributed by atoms with van der Waals surface area (Å²) in [5.41, 5.74) is 1.26. The van der Waals surface area contributed by atoms with Crippen LogP contribution in [0.1, 0.15) is 22.3 Å². The monoisotopic (exact) mass is 274 g/mol. The second kappa shape index (κ2) is 5.16. The van der Waals surface area contributed by atoms with E-state index in [1.165, 1.54) is 0 Å². The molecule has 0 bridgehead atoms. The Morgan fingerprint density at radius 2 is 1.63 bits per heavy atom. The second-order valence-electron chi connectivity index (χ2n) is 4.65. The summed E-state index contributed by atoms with van der Waals surface area (Å²) in [4.78, 5) is 11.8. The molecule has 3 heteroatoms. The van der Waals surface area contributed by atoms with Crippen LogP contribution in [0.2, 0.25) is 0 Å². The highest BCUT2D eigenvalue weighted by Crippen LogP contribution is 2.32. The van der Waals surface area contributed by atoms with Crippen molar-refractivity contribution in [1.29, 1.82) is 0 Å². The van der Waals surface area contributed by atoms with Crippen LogP contribution in [0.4, 0.5) is 0 Å². The van der Waals surface area contributed by atoms with E-state index in [0.717, 1.165) is 11.1 Å². The predicted octanol–water partition coefficient (Wildman–Crippen LogP) is 3.30. The number of aliphatic hydroxyl groups is 1. The molecule has 0 fully saturated rings. The summed E-state index contributed by atoms with van der Waals surface area (Å²) in [6.07, 6.45) is 0. The molecule has 0 saturated heterocycles. The topological polar surface area (TPSA) is 37.3 Å². The molecule has 2 aromatic rings. The van der Waals surface area contributed by atoms with Crippen molar-refractivity contribution in [2.45, 2.75) is 19.4 Å². The van der Waals surface area contributed by atoms with Gasteiger partial charge in [-0.15, -0.1) is 0 Å². The van der Waals surface area contributed by atoms with Gasteiger partial charge in [0.05, 0.1) is 0 Å². The van der Waals surface area contributed by atoms with E-state index in [4.69, 9.17) is 11.6 Å². The number of carbonyl (C=O) groups is 1. The van der Waals surface area contributed by atoms with Gasteiger partial charge < -0.3 is 5.11 Å². The highest BCUT2D eigenvalue weighted by Gasteiger charge is 2.38. The van der Waals surface area contributed by atoms with E-state index in [2.05, 4.69) is 0 Å². The van der Waals surface area contributed by atoms with Crippen molar-refractivity contribution >= 4 is 16.8 Å². The van der Waals surface area contributed by atoms with E-state index in [9.17, 15) is 9.90 Å². The van der Waals surface area contributed by atoms with E-state index in [0.29, 0.717) is 11.1 Å². The van der Waals surface area contributed by atoms with Crippen molar-refractivity contribution in [2.75, 3.05) is 0 Å². The van der Waals surface area contributed by atoms with E-state index >= 15 is 0 Å². The molecule has 0 spiro atoms. The molecule has 0 aliphatic rings. The van der Waals surface area contributed by atoms with Crippen LogP contribution < -0.4 is 0 Å². The first kappa shape index (κ1) is 13.8. The molecule has 1 atom stereocenters. The van der Waals surface area contributed by atoms with Gasteiger partial charge in [-0.25, -0.2) is 0 Å². The van der Waals surface area contributed by atoms with Crippen molar-refractivity contribution in [3.8, 4) is 0 Å². The number of hydrogen-bond donors (Lipinski definition) is 1. The molecule has 2 rings (SSSR count). The fourth-order valence-corrected chi connectivity index (χ4v) is 2.26. The van der Waals surface area contributed by atoms with Crippen LogP contribution >= 0.6 is 11.6 Å². The summed E-state index contributed by atoms with van der Waals surface area (Å²) < 4.78 is 0. The molecule has 19 heavy (non-hydrogen) atoms. The number of hydrogen-bond acceptors (Lipinski definition) is 2. The third-order valence-electron chi connectivity index (χ3n) is 3.40. The van der Waals surface area contributed by atoms with Gasteiger partial charge in [-0.1, -0.05) is 48.5 Å². The second-order valence-corrected chi connectivity index (χ2v) is 4.99. The average Bonchev–Trinajstić information content (AvgIpc) is 2.41. The van der Waals surface area contributed by atoms with Crippen LogP contribution in [0, 0.1) is 13.8 Å². The minimum atomic E-state index is -1.80. The van der Waals surface area contributed by atoms with Crippen molar-refractivity contribution in [3.05, 3.63) is 70.8 Å². The Labute approximate surface area is 117 Å². The first-order valence-corrected chi connectivity index (χ1v) is 6.39. The fourth-order valence-electron chi connectivity index (χ4n) is 2.04. The third kappa shape index (κ3) is 2.42. The quantitative estimate of drug-likeness (QED) is 0.872. The highest BCUT2D eigenvalue weighted by molar-refractivity contribution is 6.65. The molecule has 0 aromatic heterocycles. The standard InChI is InChI=1S/C16H15ClO2/c1-11-8-9-14(10-12(11)2)16(19,15(17)18)13-6-4-3-5-7-13/h3-10,19H,1-2H3. The van der Waals surface area contributed by atoms with Gasteiger partial charge in [-0.2, -0.15) is 0 Å². The van der Waals surface area contributed by atoms with Crippen LogP contribution in [0.3, 0.4) is 0 Å². The minimum absolute atomic E-state index is 0.471. The average molecular weight is 275 g/mol. The molecule has 1 unspecified atom stereocenters. The number of benzene rings is 2. The number of aryl methyl sites for hydroxylation is 2. The van der Waals surface area contributed by atoms with E-state index < -0.39 is 10.8 Å². The molecule has 0 amide bonds. The van der Waals surface area contributed by atoms with E-state index in [1.807, 2.05) is 26.0 Å². The van der Waals surface area contributed by atoms with Gasteiger partial charge in [0.25, 0.3) is 5.24 Å². The molecule has 0 saturated carbocycles. The zero-order chi connectivity index (χ0) is 14.0. The zero-order valence-corrected chi connectivity index (χ0v) is 11.6. The van der Waals surface area contributed by atoms with E-state index in [1.54, 1.807) is 36.4 Å². The summed E-state index contributed by atoms with van der Waals surface area (Å²) in [7, 11) is 0. The summed E-state index contributed by atoms with van der Waals surface area (Å²) >= 11 is 5.66. The maximum atomic E-state index is 11.8. The van der Waals surface area contributed by atoms with E-state index in [-0.39, 0.29) is 0 Å². The Morgan fingerprint density at radius 1 is 1.00 bits per heavy atom. The molecule has 0 aliphatic heterocycles. The SMILES string of the molecule is Cc1ccc(C(O)(C(=O)Cl)c2ccccc2)cc1C. The Morgan fingerprint density at radius 3 is 2.16 bits per heavy atom. The smallest absolute Gasteiger partial charge is 0.262 e. The Bertz CT molecular complexity index is 607. The maximum absolute atomic E-state index is 11.8. The lowest BCUT2D eigenvalue weighted by Crippen LogP contribution is -2.34. The largest absolute Gasteiger partial charge is 0.372 e. The molecule has 2 nitrogen and oxygen atoms in total. The lowest BCUT2D eigenvalue weighted by molar-refractivity contribution is -0.125. The van der Waals surface area contributed by atoms with Crippen molar-refractivity contribution in [3.63, 3.8) is 0 Å². The summed E-state index contributed by atoms with van der Waals surface area (Å²) in [6, 6.07) is 14.1. The fraction of sp³-hybridized carbons (Fsp3) is 0.188. The van der Waals surface area contributed by atoms with Crippen LogP contribution in [0.25, 0.3) is 0 Å². The van der Waals surface area contributed by atoms with Gasteiger partial charge in [-0.3, -0.25) is 4.79 Å². The number of rotatable bonds is 3. The van der Waals surface area contributed by atoms with Gasteiger partial charge in [-0.05, 0) is 47.7 Å². The molecule has 0 heterocycles. The Hall–Kier alpha value is -1.64. The molecule has 0 radical (unpaired) electrons. The minimum Gasteiger partial charge on any atom is -0.372 e. The first-order chi connectivity index (χ1) is 8.96. The van der Waals surface area contributed by atoms with Gasteiger partial charge in [0, 0.05) is 0 Å². The van der Waals surface area contributed by atoms with Crippen molar-refractivity contribution < 1.29 is 9.90 Å². The lowest BCUT2D eigenvalue weighted by Gasteiger charge is -2.25. The summed E-state index contributed by atoms with van der Waals surface area (Å²) in [6.45, 7) is 3.91. The maximum Gasteiger partial charge on any atom is 0.262 e. The Kier molecular flexibility index (Phi) is 3.74. The summed E-state index contributed by atoms with van der Waals surface area (Å²) in [5, 5.41) is 9.96. The van der Waals surface area contributed by atoms with Gasteiger partial charge in [0.15, 0.2) is 5.60 Å². The van der Waals surface area contributed by atoms with Crippen LogP contribution in [0.5, 0.6) is 0 Å². The highest BCUT2D eigenvalue weighted by atomic mass is 35.5. The first-order valence-electron chi connectivity index (χ1n) is 6.02. The zero-order valence-electron chi connectivity index (χ0n) is 10.9. The molecular formula is C16H15ClO2.